The van der Waals surface area contributed by atoms with Crippen LogP contribution >= 0.6 is 0 Å². The zero-order valence-corrected chi connectivity index (χ0v) is 19.4. The van der Waals surface area contributed by atoms with Crippen LogP contribution in [0.25, 0.3) is 0 Å². The number of amides is 1. The van der Waals surface area contributed by atoms with Crippen LogP contribution in [0.4, 0.5) is 16.4 Å². The number of benzene rings is 1. The Labute approximate surface area is 194 Å². The van der Waals surface area contributed by atoms with E-state index >= 15 is 0 Å². The molecule has 1 amide bonds. The average Bonchev–Trinajstić information content (AvgIpc) is 3.26. The Balaban J connectivity index is 1.45. The second-order valence-corrected chi connectivity index (χ2v) is 10.4. The number of nitrogens with one attached hydrogen (secondary N) is 3. The van der Waals surface area contributed by atoms with E-state index in [0.717, 1.165) is 56.9 Å². The highest BCUT2D eigenvalue weighted by Crippen LogP contribution is 2.35. The molecule has 1 saturated carbocycles. The van der Waals surface area contributed by atoms with Crippen molar-refractivity contribution in [3.05, 3.63) is 42.2 Å². The van der Waals surface area contributed by atoms with E-state index in [4.69, 9.17) is 4.74 Å². The van der Waals surface area contributed by atoms with Crippen molar-refractivity contribution in [2.24, 2.45) is 0 Å². The summed E-state index contributed by atoms with van der Waals surface area (Å²) in [6.45, 7) is 0.982. The smallest absolute Gasteiger partial charge is 0.407 e. The normalized spacial score (nSPS) is 24.3. The Bertz CT molecular complexity index is 1030. The van der Waals surface area contributed by atoms with Crippen LogP contribution in [0.3, 0.4) is 0 Å². The van der Waals surface area contributed by atoms with Gasteiger partial charge >= 0.3 is 6.09 Å². The number of sulfonamides is 1. The fourth-order valence-corrected chi connectivity index (χ4v) is 5.34. The third-order valence-corrected chi connectivity index (χ3v) is 7.61. The van der Waals surface area contributed by atoms with Crippen LogP contribution in [-0.4, -0.2) is 43.7 Å². The van der Waals surface area contributed by atoms with E-state index in [-0.39, 0.29) is 23.0 Å². The number of alkyl carbamates (subject to hydrolysis) is 1. The summed E-state index contributed by atoms with van der Waals surface area (Å²) in [5.74, 6) is 0.700. The largest absolute Gasteiger partial charge is 0.446 e. The summed E-state index contributed by atoms with van der Waals surface area (Å²) in [5, 5.41) is 5.93. The molecule has 6 rings (SSSR count). The summed E-state index contributed by atoms with van der Waals surface area (Å²) in [6.07, 6.45) is 10.2. The van der Waals surface area contributed by atoms with Gasteiger partial charge in [-0.05, 0) is 67.9 Å². The van der Waals surface area contributed by atoms with Gasteiger partial charge in [-0.2, -0.15) is 0 Å². The van der Waals surface area contributed by atoms with Crippen LogP contribution in [0, 0.1) is 0 Å². The summed E-state index contributed by atoms with van der Waals surface area (Å²) >= 11 is 0. The van der Waals surface area contributed by atoms with E-state index in [1.54, 1.807) is 36.7 Å². The highest BCUT2D eigenvalue weighted by atomic mass is 32.2. The van der Waals surface area contributed by atoms with Gasteiger partial charge in [-0.15, -0.1) is 0 Å². The lowest BCUT2D eigenvalue weighted by Gasteiger charge is -2.14. The Kier molecular flexibility index (Phi) is 7.77. The Morgan fingerprint density at radius 1 is 0.909 bits per heavy atom. The number of ether oxygens (including phenoxy) is 1. The maximum Gasteiger partial charge on any atom is 0.407 e. The van der Waals surface area contributed by atoms with Gasteiger partial charge in [-0.1, -0.05) is 19.3 Å². The molecule has 0 radical (unpaired) electrons. The molecule has 2 atom stereocenters. The number of hydrogen-bond donors (Lipinski definition) is 3. The number of rotatable bonds is 0. The first-order chi connectivity index (χ1) is 16.0. The van der Waals surface area contributed by atoms with Gasteiger partial charge in [-0.3, -0.25) is 0 Å². The fourth-order valence-electron chi connectivity index (χ4n) is 4.26. The SMILES string of the molecule is O=C1NCCCCCCCNS(=O)(=O)c2ccc(cc2)Nc2ncc(cn2)[C@@H]2CC[C@@H](C2)O1. The number of carbonyl (C=O) groups excluding carboxylic acids is 1. The Morgan fingerprint density at radius 2 is 1.61 bits per heavy atom. The van der Waals surface area contributed by atoms with Gasteiger partial charge in [0.05, 0.1) is 4.90 Å². The van der Waals surface area contributed by atoms with Gasteiger partial charge in [0, 0.05) is 31.2 Å². The van der Waals surface area contributed by atoms with Crippen molar-refractivity contribution in [2.45, 2.75) is 68.3 Å². The van der Waals surface area contributed by atoms with Crippen LogP contribution < -0.4 is 15.4 Å². The van der Waals surface area contributed by atoms with Crippen molar-refractivity contribution >= 4 is 27.8 Å². The fraction of sp³-hybridized carbons (Fsp3) is 0.522. The Hall–Kier alpha value is -2.72. The quantitative estimate of drug-likeness (QED) is 0.531. The molecular formula is C23H31N5O4S. The molecule has 9 nitrogen and oxygen atoms in total. The number of anilines is 2. The lowest BCUT2D eigenvalue weighted by atomic mass is 10.0. The van der Waals surface area contributed by atoms with Crippen LogP contribution in [-0.2, 0) is 14.8 Å². The van der Waals surface area contributed by atoms with E-state index in [2.05, 4.69) is 25.3 Å². The summed E-state index contributed by atoms with van der Waals surface area (Å²) in [6, 6.07) is 6.55. The highest BCUT2D eigenvalue weighted by molar-refractivity contribution is 7.89. The van der Waals surface area contributed by atoms with Crippen LogP contribution in [0.2, 0.25) is 0 Å². The van der Waals surface area contributed by atoms with E-state index in [1.807, 2.05) is 0 Å². The molecule has 0 saturated heterocycles. The molecule has 4 aliphatic rings. The summed E-state index contributed by atoms with van der Waals surface area (Å²) in [5.41, 5.74) is 1.73. The lowest BCUT2D eigenvalue weighted by Crippen LogP contribution is -2.28. The predicted octanol–water partition coefficient (Wildman–Crippen LogP) is 3.82. The van der Waals surface area contributed by atoms with Crippen molar-refractivity contribution in [3.63, 3.8) is 0 Å². The second-order valence-electron chi connectivity index (χ2n) is 8.62. The minimum atomic E-state index is -3.54. The van der Waals surface area contributed by atoms with E-state index in [0.29, 0.717) is 24.7 Å². The van der Waals surface area contributed by atoms with Crippen LogP contribution in [0.5, 0.6) is 0 Å². The molecule has 4 heterocycles. The van der Waals surface area contributed by atoms with Gasteiger partial charge in [-0.25, -0.2) is 27.9 Å². The lowest BCUT2D eigenvalue weighted by molar-refractivity contribution is 0.100. The molecule has 1 aromatic carbocycles. The molecule has 6 bridgehead atoms. The molecule has 0 spiro atoms. The number of hydrogen-bond acceptors (Lipinski definition) is 7. The van der Waals surface area contributed by atoms with Crippen LogP contribution in [0.15, 0.2) is 41.6 Å². The van der Waals surface area contributed by atoms with Gasteiger partial charge in [0.1, 0.15) is 6.10 Å². The van der Waals surface area contributed by atoms with Crippen molar-refractivity contribution in [3.8, 4) is 0 Å². The zero-order valence-electron chi connectivity index (χ0n) is 18.6. The first-order valence-electron chi connectivity index (χ1n) is 11.6. The second kappa shape index (κ2) is 10.9. The molecule has 3 aliphatic heterocycles. The molecule has 3 N–H and O–H groups in total. The predicted molar refractivity (Wildman–Crippen MR) is 125 cm³/mol. The Morgan fingerprint density at radius 3 is 2.36 bits per heavy atom. The van der Waals surface area contributed by atoms with Crippen molar-refractivity contribution in [1.82, 2.24) is 20.0 Å². The van der Waals surface area contributed by atoms with Gasteiger partial charge in [0.25, 0.3) is 0 Å². The minimum absolute atomic E-state index is 0.0827. The maximum atomic E-state index is 12.5. The molecule has 1 aliphatic carbocycles. The van der Waals surface area contributed by atoms with Crippen LogP contribution in [0.1, 0.15) is 62.8 Å². The molecule has 0 unspecified atom stereocenters. The number of aromatic nitrogens is 2. The summed E-state index contributed by atoms with van der Waals surface area (Å²) < 4.78 is 33.2. The molecule has 2 aromatic rings. The maximum absolute atomic E-state index is 12.5. The number of carbonyl (C=O) groups is 1. The average molecular weight is 474 g/mol. The van der Waals surface area contributed by atoms with Crippen molar-refractivity contribution < 1.29 is 17.9 Å². The third kappa shape index (κ3) is 6.64. The van der Waals surface area contributed by atoms with E-state index in [9.17, 15) is 13.2 Å². The first-order valence-corrected chi connectivity index (χ1v) is 13.1. The van der Waals surface area contributed by atoms with Crippen molar-refractivity contribution in [2.75, 3.05) is 18.4 Å². The molecular weight excluding hydrogens is 442 g/mol. The standard InChI is InChI=1S/C23H31N5O4S/c29-23-24-12-4-2-1-3-5-13-27-33(30,31)21-10-7-19(8-11-21)28-22-25-15-18(16-26-22)17-6-9-20(14-17)32-23/h7-8,10-11,15-17,20,27H,1-6,9,12-14H2,(H,24,29)(H,25,26,28)/t17-,20+/m1/s1. The monoisotopic (exact) mass is 473 g/mol. The number of fused-ring (bicyclic) bond motifs is 2. The zero-order chi connectivity index (χ0) is 23.1. The first kappa shape index (κ1) is 23.4. The molecule has 10 heteroatoms. The number of nitrogens with zero attached hydrogens (tertiary/aromatic N) is 2. The molecule has 178 valence electrons. The van der Waals surface area contributed by atoms with E-state index in [1.165, 1.54) is 0 Å². The highest BCUT2D eigenvalue weighted by Gasteiger charge is 2.29. The summed E-state index contributed by atoms with van der Waals surface area (Å²) in [4.78, 5) is 21.1. The van der Waals surface area contributed by atoms with E-state index < -0.39 is 10.0 Å². The van der Waals surface area contributed by atoms with Gasteiger partial charge < -0.3 is 15.4 Å². The molecule has 33 heavy (non-hydrogen) atoms. The topological polar surface area (TPSA) is 122 Å². The molecule has 1 fully saturated rings. The third-order valence-electron chi connectivity index (χ3n) is 6.14. The minimum Gasteiger partial charge on any atom is -0.446 e. The van der Waals surface area contributed by atoms with Gasteiger partial charge in [0.2, 0.25) is 16.0 Å². The van der Waals surface area contributed by atoms with Crippen molar-refractivity contribution in [1.29, 1.82) is 0 Å². The van der Waals surface area contributed by atoms with Gasteiger partial charge in [0.15, 0.2) is 0 Å². The molecule has 1 aromatic heterocycles. The summed E-state index contributed by atoms with van der Waals surface area (Å²) in [7, 11) is -3.54.